The van der Waals surface area contributed by atoms with Crippen LogP contribution in [0.4, 0.5) is 0 Å². The van der Waals surface area contributed by atoms with Gasteiger partial charge in [0.15, 0.2) is 6.10 Å². The van der Waals surface area contributed by atoms with Gasteiger partial charge in [0.2, 0.25) is 0 Å². The minimum Gasteiger partial charge on any atom is -0.481 e. The molecule has 6 nitrogen and oxygen atoms in total. The fraction of sp³-hybridized carbons (Fsp3) is 0.913. The number of carbonyl (C=O) groups is 2. The molecule has 0 aliphatic carbocycles. The molecule has 31 heavy (non-hydrogen) atoms. The molecule has 0 bridgehead atoms. The Bertz CT molecular complexity index is 408. The summed E-state index contributed by atoms with van der Waals surface area (Å²) in [5, 5.41) is 16.8. The molecule has 0 spiro atoms. The van der Waals surface area contributed by atoms with E-state index in [9.17, 15) is 9.59 Å². The summed E-state index contributed by atoms with van der Waals surface area (Å²) in [5.74, 6) is -1.60. The molecular weight excluding hydrogens is 588 g/mol. The maximum atomic E-state index is 10.3. The van der Waals surface area contributed by atoms with Crippen LogP contribution in [-0.4, -0.2) is 48.1 Å². The monoisotopic (exact) mass is 630 g/mol. The molecule has 8 heteroatoms. The maximum absolute atomic E-state index is 10.3. The summed E-state index contributed by atoms with van der Waals surface area (Å²) in [5.41, 5.74) is 0. The molecule has 1 heterocycles. The molecule has 0 aromatic rings. The number of unbranched alkanes of at least 4 members (excludes halogenated alkanes) is 14. The van der Waals surface area contributed by atoms with Gasteiger partial charge in [-0.2, -0.15) is 0 Å². The van der Waals surface area contributed by atoms with Crippen molar-refractivity contribution in [1.82, 2.24) is 0 Å². The second kappa shape index (κ2) is 26.6. The first-order valence-electron chi connectivity index (χ1n) is 11.6. The Morgan fingerprint density at radius 1 is 0.774 bits per heavy atom. The van der Waals surface area contributed by atoms with Crippen LogP contribution in [-0.2, 0) is 63.8 Å². The molecule has 2 radical (unpaired) electrons. The van der Waals surface area contributed by atoms with E-state index in [0.717, 1.165) is 12.8 Å². The molecule has 1 fully saturated rings. The van der Waals surface area contributed by atoms with Crippen molar-refractivity contribution in [3.63, 3.8) is 0 Å². The van der Waals surface area contributed by atoms with Crippen molar-refractivity contribution < 1.29 is 74.0 Å². The maximum Gasteiger partial charge on any atom is 0.335 e. The van der Waals surface area contributed by atoms with Crippen LogP contribution < -0.4 is 0 Å². The predicted octanol–water partition coefficient (Wildman–Crippen LogP) is 5.81. The third kappa shape index (κ3) is 23.3. The van der Waals surface area contributed by atoms with Gasteiger partial charge >= 0.3 is 11.9 Å². The van der Waals surface area contributed by atoms with E-state index in [4.69, 9.17) is 14.9 Å². The first-order valence-corrected chi connectivity index (χ1v) is 11.6. The van der Waals surface area contributed by atoms with Gasteiger partial charge in [0.1, 0.15) is 6.10 Å². The third-order valence-corrected chi connectivity index (χ3v) is 5.32. The summed E-state index contributed by atoms with van der Waals surface area (Å²) >= 11 is 0. The van der Waals surface area contributed by atoms with E-state index < -0.39 is 18.0 Å². The number of ether oxygens (including phenoxy) is 2. The topological polar surface area (TPSA) is 93.1 Å². The van der Waals surface area contributed by atoms with Crippen molar-refractivity contribution in [1.29, 1.82) is 0 Å². The molecule has 0 aromatic heterocycles. The van der Waals surface area contributed by atoms with Gasteiger partial charge in [-0.05, 0) is 6.42 Å². The number of aliphatic carboxylic acids is 2. The molecule has 194 valence electrons. The summed E-state index contributed by atoms with van der Waals surface area (Å²) in [6.45, 7) is 2.67. The van der Waals surface area contributed by atoms with Gasteiger partial charge in [0.05, 0.1) is 6.61 Å². The van der Waals surface area contributed by atoms with Crippen LogP contribution in [0.5, 0.6) is 0 Å². The minimum absolute atomic E-state index is 0. The van der Waals surface area contributed by atoms with E-state index in [1.807, 2.05) is 0 Å². The quantitative estimate of drug-likeness (QED) is 0.146. The molecule has 2 N–H and O–H groups in total. The van der Waals surface area contributed by atoms with Crippen molar-refractivity contribution in [2.24, 2.45) is 0 Å². The van der Waals surface area contributed by atoms with E-state index in [1.54, 1.807) is 0 Å². The molecular formula is C23H44Ag2O6. The molecule has 1 aliphatic rings. The Labute approximate surface area is 220 Å². The summed E-state index contributed by atoms with van der Waals surface area (Å²) in [4.78, 5) is 20.5. The van der Waals surface area contributed by atoms with E-state index in [-0.39, 0.29) is 50.9 Å². The van der Waals surface area contributed by atoms with Crippen molar-refractivity contribution in [2.45, 2.75) is 122 Å². The number of methoxy groups -OCH3 is 1. The Balaban J connectivity index is -0.000000598. The molecule has 1 aliphatic heterocycles. The summed E-state index contributed by atoms with van der Waals surface area (Å²) < 4.78 is 9.43. The average Bonchev–Trinajstić information content (AvgIpc) is 2.64. The van der Waals surface area contributed by atoms with Crippen molar-refractivity contribution in [3.05, 3.63) is 0 Å². The zero-order chi connectivity index (χ0) is 21.7. The largest absolute Gasteiger partial charge is 0.481 e. The Morgan fingerprint density at radius 3 is 1.39 bits per heavy atom. The van der Waals surface area contributed by atoms with E-state index in [1.165, 1.54) is 90.6 Å². The Hall–Kier alpha value is 0.341. The van der Waals surface area contributed by atoms with Crippen LogP contribution in [0.25, 0.3) is 0 Å². The normalized spacial score (nSPS) is 16.7. The standard InChI is InChI=1S/C18H36O2.C5H8O4.2Ag/c1-2-3-4-5-6-7-8-9-10-11-12-13-14-15-16-17-18(19)20;1-8-3-2-9-4(3)5(6)7;;/h2-17H2,1H3,(H,19,20);3-4H,2H2,1H3,(H,6,7);;. The molecule has 1 rings (SSSR count). The van der Waals surface area contributed by atoms with Gasteiger partial charge in [-0.15, -0.1) is 0 Å². The Kier molecular flexibility index (Phi) is 30.8. The fourth-order valence-corrected chi connectivity index (χ4v) is 3.34. The number of hydrogen-bond acceptors (Lipinski definition) is 4. The van der Waals surface area contributed by atoms with E-state index in [0.29, 0.717) is 13.0 Å². The van der Waals surface area contributed by atoms with Gasteiger partial charge in [-0.25, -0.2) is 4.79 Å². The third-order valence-electron chi connectivity index (χ3n) is 5.32. The molecule has 1 saturated heterocycles. The molecule has 0 aromatic carbocycles. The number of carboxylic acids is 2. The number of rotatable bonds is 18. The average molecular weight is 632 g/mol. The van der Waals surface area contributed by atoms with Crippen LogP contribution >= 0.6 is 0 Å². The molecule has 0 saturated carbocycles. The van der Waals surface area contributed by atoms with Gasteiger partial charge in [-0.3, -0.25) is 4.79 Å². The van der Waals surface area contributed by atoms with Crippen molar-refractivity contribution >= 4 is 11.9 Å². The first kappa shape index (κ1) is 35.9. The molecule has 2 atom stereocenters. The minimum atomic E-state index is -0.951. The summed E-state index contributed by atoms with van der Waals surface area (Å²) in [7, 11) is 1.48. The smallest absolute Gasteiger partial charge is 0.335 e. The SMILES string of the molecule is CCCCCCCCCCCCCCCCCC(=O)O.COC1COC1C(=O)O.[Ag].[Ag]. The van der Waals surface area contributed by atoms with Crippen LogP contribution in [0.3, 0.4) is 0 Å². The van der Waals surface area contributed by atoms with Crippen LogP contribution in [0.15, 0.2) is 0 Å². The van der Waals surface area contributed by atoms with Gasteiger partial charge in [0.25, 0.3) is 0 Å². The summed E-state index contributed by atoms with van der Waals surface area (Å²) in [6.07, 6.45) is 19.2. The van der Waals surface area contributed by atoms with Crippen LogP contribution in [0, 0.1) is 0 Å². The van der Waals surface area contributed by atoms with Gasteiger partial charge < -0.3 is 19.7 Å². The van der Waals surface area contributed by atoms with Gasteiger partial charge in [-0.1, -0.05) is 96.8 Å². The van der Waals surface area contributed by atoms with Gasteiger partial charge in [0, 0.05) is 58.3 Å². The first-order chi connectivity index (χ1) is 14.0. The predicted molar refractivity (Wildman–Crippen MR) is 115 cm³/mol. The molecule has 2 unspecified atom stereocenters. The van der Waals surface area contributed by atoms with Crippen LogP contribution in [0.1, 0.15) is 110 Å². The fourth-order valence-electron chi connectivity index (χ4n) is 3.34. The number of carboxylic acid groups (broad SMARTS) is 2. The van der Waals surface area contributed by atoms with Crippen LogP contribution in [0.2, 0.25) is 0 Å². The zero-order valence-corrected chi connectivity index (χ0v) is 22.3. The second-order valence-electron chi connectivity index (χ2n) is 7.96. The van der Waals surface area contributed by atoms with E-state index >= 15 is 0 Å². The van der Waals surface area contributed by atoms with Crippen molar-refractivity contribution in [2.75, 3.05) is 13.7 Å². The Morgan fingerprint density at radius 2 is 1.16 bits per heavy atom. The molecule has 0 amide bonds. The van der Waals surface area contributed by atoms with E-state index in [2.05, 4.69) is 11.7 Å². The summed E-state index contributed by atoms with van der Waals surface area (Å²) in [6, 6.07) is 0. The second-order valence-corrected chi connectivity index (χ2v) is 7.96. The zero-order valence-electron chi connectivity index (χ0n) is 19.3. The number of hydrogen-bond donors (Lipinski definition) is 2. The van der Waals surface area contributed by atoms with Crippen molar-refractivity contribution in [3.8, 4) is 0 Å².